The number of hydrogen-bond acceptors (Lipinski definition) is 7. The summed E-state index contributed by atoms with van der Waals surface area (Å²) in [5, 5.41) is 7.78. The van der Waals surface area contributed by atoms with Gasteiger partial charge in [0.05, 0.1) is 7.11 Å². The summed E-state index contributed by atoms with van der Waals surface area (Å²) in [4.78, 5) is 2.09. The van der Waals surface area contributed by atoms with Gasteiger partial charge in [-0.25, -0.2) is 8.42 Å². The minimum absolute atomic E-state index is 0.201. The second-order valence-electron chi connectivity index (χ2n) is 5.65. The lowest BCUT2D eigenvalue weighted by atomic mass is 10.2. The van der Waals surface area contributed by atoms with Gasteiger partial charge in [-0.05, 0) is 24.6 Å². The number of piperazine rings is 1. The topological polar surface area (TPSA) is 88.8 Å². The first-order valence-corrected chi connectivity index (χ1v) is 9.05. The van der Waals surface area contributed by atoms with E-state index in [0.717, 1.165) is 5.56 Å². The number of nitrogens with zero attached hydrogens (tertiary/aromatic N) is 4. The molecule has 1 aromatic carbocycles. The second-order valence-corrected chi connectivity index (χ2v) is 7.56. The third kappa shape index (κ3) is 3.09. The fourth-order valence-corrected chi connectivity index (χ4v) is 4.32. The largest absolute Gasteiger partial charge is 0.495 e. The van der Waals surface area contributed by atoms with Crippen LogP contribution in [0.1, 0.15) is 11.5 Å². The molecular formula is C15H20N4O4S. The molecule has 0 bridgehead atoms. The normalized spacial score (nSPS) is 16.4. The number of methoxy groups -OCH3 is 1. The van der Waals surface area contributed by atoms with E-state index >= 15 is 0 Å². The van der Waals surface area contributed by atoms with Crippen molar-refractivity contribution in [3.63, 3.8) is 0 Å². The maximum absolute atomic E-state index is 12.9. The number of aryl methyl sites for hydroxylation is 2. The van der Waals surface area contributed by atoms with Crippen molar-refractivity contribution in [1.82, 2.24) is 14.5 Å². The van der Waals surface area contributed by atoms with Crippen molar-refractivity contribution in [3.05, 3.63) is 29.7 Å². The lowest BCUT2D eigenvalue weighted by Gasteiger charge is -2.33. The van der Waals surface area contributed by atoms with Crippen molar-refractivity contribution in [2.45, 2.75) is 18.7 Å². The smallest absolute Gasteiger partial charge is 0.318 e. The first-order valence-electron chi connectivity index (χ1n) is 7.61. The molecule has 1 aliphatic rings. The van der Waals surface area contributed by atoms with Crippen LogP contribution in [0.15, 0.2) is 27.5 Å². The van der Waals surface area contributed by atoms with Crippen molar-refractivity contribution in [2.24, 2.45) is 0 Å². The molecular weight excluding hydrogens is 332 g/mol. The molecule has 3 rings (SSSR count). The van der Waals surface area contributed by atoms with Crippen LogP contribution in [0.3, 0.4) is 0 Å². The van der Waals surface area contributed by atoms with Gasteiger partial charge in [-0.3, -0.25) is 0 Å². The Morgan fingerprint density at radius 2 is 1.83 bits per heavy atom. The van der Waals surface area contributed by atoms with Crippen molar-refractivity contribution in [2.75, 3.05) is 38.2 Å². The summed E-state index contributed by atoms with van der Waals surface area (Å²) in [6.07, 6.45) is 0. The molecule has 1 saturated heterocycles. The van der Waals surface area contributed by atoms with Gasteiger partial charge in [0.25, 0.3) is 0 Å². The van der Waals surface area contributed by atoms with Crippen LogP contribution in [0.5, 0.6) is 5.75 Å². The van der Waals surface area contributed by atoms with Gasteiger partial charge < -0.3 is 14.1 Å². The Kier molecular flexibility index (Phi) is 4.46. The van der Waals surface area contributed by atoms with E-state index in [4.69, 9.17) is 9.15 Å². The van der Waals surface area contributed by atoms with Gasteiger partial charge in [-0.2, -0.15) is 4.31 Å². The van der Waals surface area contributed by atoms with Crippen LogP contribution in [0.25, 0.3) is 0 Å². The molecule has 1 fully saturated rings. The van der Waals surface area contributed by atoms with E-state index in [1.807, 2.05) is 17.9 Å². The Hall–Kier alpha value is -2.13. The average molecular weight is 352 g/mol. The quantitative estimate of drug-likeness (QED) is 0.817. The first-order chi connectivity index (χ1) is 11.4. The summed E-state index contributed by atoms with van der Waals surface area (Å²) in [6.45, 7) is 5.27. The zero-order chi connectivity index (χ0) is 17.3. The second kappa shape index (κ2) is 6.40. The van der Waals surface area contributed by atoms with E-state index in [-0.39, 0.29) is 4.90 Å². The maximum atomic E-state index is 12.9. The van der Waals surface area contributed by atoms with Gasteiger partial charge in [0.15, 0.2) is 0 Å². The van der Waals surface area contributed by atoms with Crippen LogP contribution in [0.2, 0.25) is 0 Å². The lowest BCUT2D eigenvalue weighted by molar-refractivity contribution is 0.363. The van der Waals surface area contributed by atoms with E-state index in [2.05, 4.69) is 10.2 Å². The van der Waals surface area contributed by atoms with Crippen molar-refractivity contribution in [1.29, 1.82) is 0 Å². The number of benzene rings is 1. The summed E-state index contributed by atoms with van der Waals surface area (Å²) in [5.74, 6) is 0.847. The Morgan fingerprint density at radius 1 is 1.12 bits per heavy atom. The first kappa shape index (κ1) is 16.7. The van der Waals surface area contributed by atoms with E-state index in [9.17, 15) is 8.42 Å². The summed E-state index contributed by atoms with van der Waals surface area (Å²) >= 11 is 0. The molecule has 9 heteroatoms. The minimum Gasteiger partial charge on any atom is -0.495 e. The third-order valence-corrected chi connectivity index (χ3v) is 5.88. The van der Waals surface area contributed by atoms with Crippen LogP contribution in [-0.4, -0.2) is 56.2 Å². The predicted octanol–water partition coefficient (Wildman–Crippen LogP) is 1.21. The highest BCUT2D eigenvalue weighted by Gasteiger charge is 2.32. The molecule has 0 amide bonds. The molecule has 0 unspecified atom stereocenters. The Balaban J connectivity index is 1.79. The highest BCUT2D eigenvalue weighted by atomic mass is 32.2. The summed E-state index contributed by atoms with van der Waals surface area (Å²) in [6, 6.07) is 5.58. The Labute approximate surface area is 141 Å². The third-order valence-electron chi connectivity index (χ3n) is 3.96. The minimum atomic E-state index is -3.61. The molecule has 130 valence electrons. The van der Waals surface area contributed by atoms with Crippen molar-refractivity contribution < 1.29 is 17.6 Å². The van der Waals surface area contributed by atoms with E-state index in [1.165, 1.54) is 11.4 Å². The highest BCUT2D eigenvalue weighted by molar-refractivity contribution is 7.89. The van der Waals surface area contributed by atoms with Crippen molar-refractivity contribution >= 4 is 16.0 Å². The van der Waals surface area contributed by atoms with Crippen LogP contribution in [0.4, 0.5) is 6.01 Å². The van der Waals surface area contributed by atoms with Gasteiger partial charge in [0.1, 0.15) is 10.6 Å². The van der Waals surface area contributed by atoms with E-state index in [0.29, 0.717) is 43.8 Å². The summed E-state index contributed by atoms with van der Waals surface area (Å²) in [5.41, 5.74) is 0.870. The van der Waals surface area contributed by atoms with E-state index < -0.39 is 10.0 Å². The number of ether oxygens (including phenoxy) is 1. The molecule has 1 aromatic heterocycles. The van der Waals surface area contributed by atoms with E-state index in [1.54, 1.807) is 19.1 Å². The van der Waals surface area contributed by atoms with Gasteiger partial charge in [-0.1, -0.05) is 11.2 Å². The van der Waals surface area contributed by atoms with Gasteiger partial charge in [0.2, 0.25) is 15.9 Å². The molecule has 0 N–H and O–H groups in total. The van der Waals surface area contributed by atoms with Crippen molar-refractivity contribution in [3.8, 4) is 5.75 Å². The monoisotopic (exact) mass is 352 g/mol. The molecule has 2 aromatic rings. The Bertz CT molecular complexity index is 826. The summed E-state index contributed by atoms with van der Waals surface area (Å²) < 4.78 is 38.0. The van der Waals surface area contributed by atoms with Crippen LogP contribution < -0.4 is 9.64 Å². The van der Waals surface area contributed by atoms with Gasteiger partial charge in [-0.15, -0.1) is 5.10 Å². The standard InChI is InChI=1S/C15H20N4O4S/c1-11-4-5-13(22-3)14(10-11)24(20,21)19-8-6-18(7-9-19)15-17-16-12(2)23-15/h4-5,10H,6-9H2,1-3H3. The molecule has 0 radical (unpaired) electrons. The SMILES string of the molecule is COc1ccc(C)cc1S(=O)(=O)N1CCN(c2nnc(C)o2)CC1. The maximum Gasteiger partial charge on any atom is 0.318 e. The van der Waals surface area contributed by atoms with Gasteiger partial charge in [0, 0.05) is 33.1 Å². The fraction of sp³-hybridized carbons (Fsp3) is 0.467. The van der Waals surface area contributed by atoms with Gasteiger partial charge >= 0.3 is 6.01 Å². The number of anilines is 1. The molecule has 24 heavy (non-hydrogen) atoms. The molecule has 0 aliphatic carbocycles. The van der Waals surface area contributed by atoms with Crippen LogP contribution in [-0.2, 0) is 10.0 Å². The molecule has 0 saturated carbocycles. The molecule has 8 nitrogen and oxygen atoms in total. The predicted molar refractivity (Wildman–Crippen MR) is 87.7 cm³/mol. The zero-order valence-corrected chi connectivity index (χ0v) is 14.7. The Morgan fingerprint density at radius 3 is 2.42 bits per heavy atom. The lowest BCUT2D eigenvalue weighted by Crippen LogP contribution is -2.48. The fourth-order valence-electron chi connectivity index (χ4n) is 2.66. The number of rotatable bonds is 4. The zero-order valence-electron chi connectivity index (χ0n) is 13.9. The number of sulfonamides is 1. The molecule has 0 atom stereocenters. The molecule has 1 aliphatic heterocycles. The van der Waals surface area contributed by atoms with Crippen LogP contribution in [0, 0.1) is 13.8 Å². The van der Waals surface area contributed by atoms with Crippen LogP contribution >= 0.6 is 0 Å². The molecule has 0 spiro atoms. The number of aromatic nitrogens is 2. The summed E-state index contributed by atoms with van der Waals surface area (Å²) in [7, 11) is -2.14. The highest BCUT2D eigenvalue weighted by Crippen LogP contribution is 2.28. The average Bonchev–Trinajstić information content (AvgIpc) is 3.01. The molecule has 2 heterocycles. The number of hydrogen-bond donors (Lipinski definition) is 0.